The summed E-state index contributed by atoms with van der Waals surface area (Å²) in [4.78, 5) is 24.8. The highest BCUT2D eigenvalue weighted by Crippen LogP contribution is 2.24. The van der Waals surface area contributed by atoms with E-state index in [1.54, 1.807) is 18.4 Å². The Morgan fingerprint density at radius 1 is 1.22 bits per heavy atom. The fraction of sp³-hybridized carbons (Fsp3) is 0.435. The summed E-state index contributed by atoms with van der Waals surface area (Å²) in [5, 5.41) is 8.72. The summed E-state index contributed by atoms with van der Waals surface area (Å²) in [7, 11) is 1.76. The van der Waals surface area contributed by atoms with Crippen LogP contribution in [0.15, 0.2) is 40.7 Å². The molecular formula is C23H31IN6OS. The number of aryl methyl sites for hydroxylation is 2. The lowest BCUT2D eigenvalue weighted by Crippen LogP contribution is -2.41. The van der Waals surface area contributed by atoms with E-state index >= 15 is 0 Å². The SMILES string of the molecule is CN=C(NCCCn1c(C)nc2ccccc21)NCCC(=O)N1CCc2sccc2C1.I. The number of carbonyl (C=O) groups excluding carboxylic acids is 1. The molecule has 0 aliphatic carbocycles. The number of halogens is 1. The maximum absolute atomic E-state index is 12.6. The molecule has 0 saturated heterocycles. The van der Waals surface area contributed by atoms with Crippen molar-refractivity contribution in [2.45, 2.75) is 39.3 Å². The Morgan fingerprint density at radius 3 is 2.88 bits per heavy atom. The van der Waals surface area contributed by atoms with Gasteiger partial charge >= 0.3 is 0 Å². The molecule has 1 amide bonds. The van der Waals surface area contributed by atoms with Crippen molar-refractivity contribution < 1.29 is 4.79 Å². The first-order valence-electron chi connectivity index (χ1n) is 10.8. The number of guanidine groups is 1. The van der Waals surface area contributed by atoms with Gasteiger partial charge in [0.2, 0.25) is 5.91 Å². The summed E-state index contributed by atoms with van der Waals surface area (Å²) >= 11 is 1.79. The van der Waals surface area contributed by atoms with Gasteiger partial charge in [-0.15, -0.1) is 35.3 Å². The highest BCUT2D eigenvalue weighted by atomic mass is 127. The number of hydrogen-bond donors (Lipinski definition) is 2. The molecule has 0 fully saturated rings. The fourth-order valence-corrected chi connectivity index (χ4v) is 4.94. The maximum atomic E-state index is 12.6. The molecule has 0 radical (unpaired) electrons. The van der Waals surface area contributed by atoms with E-state index in [4.69, 9.17) is 0 Å². The normalized spacial score (nSPS) is 13.6. The molecule has 32 heavy (non-hydrogen) atoms. The molecule has 0 spiro atoms. The highest BCUT2D eigenvalue weighted by Gasteiger charge is 2.21. The lowest BCUT2D eigenvalue weighted by Gasteiger charge is -2.27. The van der Waals surface area contributed by atoms with Crippen molar-refractivity contribution in [1.29, 1.82) is 0 Å². The van der Waals surface area contributed by atoms with Crippen LogP contribution in [-0.2, 0) is 24.3 Å². The quantitative estimate of drug-likeness (QED) is 0.199. The van der Waals surface area contributed by atoms with Crippen molar-refractivity contribution in [3.8, 4) is 0 Å². The summed E-state index contributed by atoms with van der Waals surface area (Å²) in [5.74, 6) is 1.97. The van der Waals surface area contributed by atoms with Gasteiger partial charge in [0.25, 0.3) is 0 Å². The number of hydrogen-bond acceptors (Lipinski definition) is 4. The van der Waals surface area contributed by atoms with E-state index < -0.39 is 0 Å². The predicted octanol–water partition coefficient (Wildman–Crippen LogP) is 3.55. The summed E-state index contributed by atoms with van der Waals surface area (Å²) in [6.45, 7) is 5.89. The Labute approximate surface area is 210 Å². The zero-order valence-electron chi connectivity index (χ0n) is 18.6. The molecule has 9 heteroatoms. The van der Waals surface area contributed by atoms with Crippen LogP contribution in [0.4, 0.5) is 0 Å². The largest absolute Gasteiger partial charge is 0.356 e. The van der Waals surface area contributed by atoms with Crippen molar-refractivity contribution in [3.63, 3.8) is 0 Å². The van der Waals surface area contributed by atoms with E-state index in [-0.39, 0.29) is 29.9 Å². The molecule has 3 aromatic rings. The van der Waals surface area contributed by atoms with Crippen LogP contribution in [0.5, 0.6) is 0 Å². The predicted molar refractivity (Wildman–Crippen MR) is 142 cm³/mol. The van der Waals surface area contributed by atoms with Crippen molar-refractivity contribution in [3.05, 3.63) is 52.0 Å². The summed E-state index contributed by atoms with van der Waals surface area (Å²) in [5.41, 5.74) is 3.52. The van der Waals surface area contributed by atoms with Crippen LogP contribution < -0.4 is 10.6 Å². The molecule has 1 aromatic carbocycles. The topological polar surface area (TPSA) is 74.5 Å². The van der Waals surface area contributed by atoms with Crippen LogP contribution in [-0.4, -0.2) is 53.0 Å². The minimum Gasteiger partial charge on any atom is -0.356 e. The van der Waals surface area contributed by atoms with Gasteiger partial charge in [-0.25, -0.2) is 4.98 Å². The average molecular weight is 567 g/mol. The summed E-state index contributed by atoms with van der Waals surface area (Å²) < 4.78 is 2.25. The molecule has 7 nitrogen and oxygen atoms in total. The number of amides is 1. The van der Waals surface area contributed by atoms with E-state index in [1.807, 2.05) is 24.0 Å². The number of carbonyl (C=O) groups is 1. The molecule has 1 aliphatic rings. The molecule has 1 aliphatic heterocycles. The first-order chi connectivity index (χ1) is 15.2. The van der Waals surface area contributed by atoms with Crippen LogP contribution >= 0.6 is 35.3 Å². The number of nitrogens with one attached hydrogen (secondary N) is 2. The number of thiophene rings is 1. The Bertz CT molecular complexity index is 1080. The summed E-state index contributed by atoms with van der Waals surface area (Å²) in [6, 6.07) is 10.4. The van der Waals surface area contributed by atoms with E-state index in [9.17, 15) is 4.79 Å². The standard InChI is InChI=1S/C23H30N6OS.HI/c1-17-27-19-6-3-4-7-20(19)29(17)13-5-11-25-23(24-2)26-12-8-22(30)28-14-9-21-18(16-28)10-15-31-21;/h3-4,6-7,10,15H,5,8-9,11-14,16H2,1-2H3,(H2,24,25,26);1H. The zero-order valence-corrected chi connectivity index (χ0v) is 21.8. The van der Waals surface area contributed by atoms with Gasteiger partial charge in [-0.05, 0) is 48.9 Å². The van der Waals surface area contributed by atoms with E-state index in [0.717, 1.165) is 56.3 Å². The van der Waals surface area contributed by atoms with Crippen LogP contribution in [0.3, 0.4) is 0 Å². The van der Waals surface area contributed by atoms with Crippen molar-refractivity contribution in [2.75, 3.05) is 26.7 Å². The maximum Gasteiger partial charge on any atom is 0.224 e. The van der Waals surface area contributed by atoms with Gasteiger partial charge < -0.3 is 20.1 Å². The number of nitrogens with zero attached hydrogens (tertiary/aromatic N) is 4. The Balaban J connectivity index is 0.00000289. The minimum atomic E-state index is 0. The monoisotopic (exact) mass is 566 g/mol. The molecule has 3 heterocycles. The number of para-hydroxylation sites is 2. The van der Waals surface area contributed by atoms with Gasteiger partial charge in [-0.1, -0.05) is 12.1 Å². The first kappa shape index (κ1) is 24.5. The number of imidazole rings is 1. The Morgan fingerprint density at radius 2 is 2.03 bits per heavy atom. The van der Waals surface area contributed by atoms with Crippen LogP contribution in [0, 0.1) is 6.92 Å². The van der Waals surface area contributed by atoms with Gasteiger partial charge in [0.15, 0.2) is 5.96 Å². The second-order valence-electron chi connectivity index (χ2n) is 7.76. The molecular weight excluding hydrogens is 535 g/mol. The lowest BCUT2D eigenvalue weighted by molar-refractivity contribution is -0.131. The third-order valence-corrected chi connectivity index (χ3v) is 6.73. The molecule has 0 bridgehead atoms. The highest BCUT2D eigenvalue weighted by molar-refractivity contribution is 14.0. The molecule has 0 unspecified atom stereocenters. The zero-order chi connectivity index (χ0) is 21.6. The van der Waals surface area contributed by atoms with E-state index in [0.29, 0.717) is 13.0 Å². The summed E-state index contributed by atoms with van der Waals surface area (Å²) in [6.07, 6.45) is 2.40. The Kier molecular flexibility index (Phi) is 8.92. The molecule has 2 aromatic heterocycles. The van der Waals surface area contributed by atoms with Crippen molar-refractivity contribution >= 4 is 58.2 Å². The van der Waals surface area contributed by atoms with Crippen LogP contribution in [0.1, 0.15) is 29.1 Å². The third kappa shape index (κ3) is 5.80. The second-order valence-corrected chi connectivity index (χ2v) is 8.76. The van der Waals surface area contributed by atoms with Crippen molar-refractivity contribution in [1.82, 2.24) is 25.1 Å². The minimum absolute atomic E-state index is 0. The third-order valence-electron chi connectivity index (χ3n) is 5.71. The van der Waals surface area contributed by atoms with Gasteiger partial charge in [0.1, 0.15) is 5.82 Å². The molecule has 2 N–H and O–H groups in total. The first-order valence-corrected chi connectivity index (χ1v) is 11.7. The number of fused-ring (bicyclic) bond motifs is 2. The number of aromatic nitrogens is 2. The Hall–Kier alpha value is -2.14. The smallest absolute Gasteiger partial charge is 0.224 e. The van der Waals surface area contributed by atoms with Gasteiger partial charge in [0.05, 0.1) is 11.0 Å². The van der Waals surface area contributed by atoms with E-state index in [2.05, 4.69) is 48.8 Å². The second kappa shape index (κ2) is 11.6. The van der Waals surface area contributed by atoms with Gasteiger partial charge in [-0.2, -0.15) is 0 Å². The number of rotatable bonds is 7. The lowest BCUT2D eigenvalue weighted by atomic mass is 10.1. The van der Waals surface area contributed by atoms with Gasteiger partial charge in [-0.3, -0.25) is 9.79 Å². The molecule has 0 atom stereocenters. The van der Waals surface area contributed by atoms with E-state index in [1.165, 1.54) is 16.0 Å². The molecule has 172 valence electrons. The average Bonchev–Trinajstić information content (AvgIpc) is 3.38. The van der Waals surface area contributed by atoms with Gasteiger partial charge in [0, 0.05) is 51.1 Å². The number of aliphatic imine (C=N–C) groups is 1. The molecule has 0 saturated carbocycles. The fourth-order valence-electron chi connectivity index (χ4n) is 4.05. The molecule has 4 rings (SSSR count). The number of benzene rings is 1. The van der Waals surface area contributed by atoms with Crippen molar-refractivity contribution in [2.24, 2.45) is 4.99 Å². The van der Waals surface area contributed by atoms with Crippen LogP contribution in [0.2, 0.25) is 0 Å². The van der Waals surface area contributed by atoms with Crippen LogP contribution in [0.25, 0.3) is 11.0 Å².